The average molecular weight is 171 g/mol. The van der Waals surface area contributed by atoms with E-state index in [1.165, 1.54) is 19.3 Å². The Labute approximate surface area is 75.0 Å². The lowest BCUT2D eigenvalue weighted by atomic mass is 9.98. The number of unbranched alkanes of at least 4 members (excludes halogenated alkanes) is 2. The third-order valence-electron chi connectivity index (χ3n) is 2.14. The van der Waals surface area contributed by atoms with E-state index in [2.05, 4.69) is 13.8 Å². The first-order chi connectivity index (χ1) is 5.66. The Morgan fingerprint density at radius 3 is 2.50 bits per heavy atom. The van der Waals surface area contributed by atoms with Crippen LogP contribution in [0.5, 0.6) is 0 Å². The predicted octanol–water partition coefficient (Wildman–Crippen LogP) is 1.73. The molecule has 72 valence electrons. The van der Waals surface area contributed by atoms with E-state index in [-0.39, 0.29) is 6.42 Å². The molecule has 2 nitrogen and oxygen atoms in total. The van der Waals surface area contributed by atoms with Crippen LogP contribution in [0.25, 0.3) is 0 Å². The molecular weight excluding hydrogens is 152 g/mol. The van der Waals surface area contributed by atoms with Crippen LogP contribution >= 0.6 is 0 Å². The smallest absolute Gasteiger partial charge is 0.0414 e. The van der Waals surface area contributed by atoms with Gasteiger partial charge in [-0.2, -0.15) is 0 Å². The molecule has 0 aliphatic heterocycles. The van der Waals surface area contributed by atoms with Gasteiger partial charge in [-0.25, -0.2) is 0 Å². The van der Waals surface area contributed by atoms with Crippen molar-refractivity contribution in [1.29, 1.82) is 0 Å². The Morgan fingerprint density at radius 2 is 2.00 bits per heavy atom. The normalized spacial score (nSPS) is 12.8. The summed E-state index contributed by atoms with van der Waals surface area (Å²) < 4.78 is 0. The third-order valence-corrected chi connectivity index (χ3v) is 2.14. The molecule has 0 saturated heterocycles. The SMILES string of the molecule is CCCCC[C@H](C)CCC(=O)[O-]. The van der Waals surface area contributed by atoms with E-state index in [4.69, 9.17) is 0 Å². The predicted molar refractivity (Wildman–Crippen MR) is 47.5 cm³/mol. The molecule has 0 saturated carbocycles. The molecule has 0 aromatic heterocycles. The van der Waals surface area contributed by atoms with Gasteiger partial charge < -0.3 is 9.90 Å². The van der Waals surface area contributed by atoms with Gasteiger partial charge in [-0.3, -0.25) is 0 Å². The van der Waals surface area contributed by atoms with Gasteiger partial charge in [0.05, 0.1) is 0 Å². The third kappa shape index (κ3) is 7.58. The molecule has 0 amide bonds. The van der Waals surface area contributed by atoms with Crippen LogP contribution in [0.4, 0.5) is 0 Å². The van der Waals surface area contributed by atoms with Gasteiger partial charge in [0.15, 0.2) is 0 Å². The summed E-state index contributed by atoms with van der Waals surface area (Å²) in [5.74, 6) is -0.383. The molecule has 2 heteroatoms. The van der Waals surface area contributed by atoms with Crippen molar-refractivity contribution in [3.63, 3.8) is 0 Å². The van der Waals surface area contributed by atoms with E-state index >= 15 is 0 Å². The fraction of sp³-hybridized carbons (Fsp3) is 0.900. The highest BCUT2D eigenvalue weighted by Crippen LogP contribution is 2.14. The second kappa shape index (κ2) is 7.14. The molecule has 0 fully saturated rings. The summed E-state index contributed by atoms with van der Waals surface area (Å²) >= 11 is 0. The van der Waals surface area contributed by atoms with Crippen LogP contribution in [0.2, 0.25) is 0 Å². The second-order valence-corrected chi connectivity index (χ2v) is 3.51. The van der Waals surface area contributed by atoms with Gasteiger partial charge in [-0.1, -0.05) is 39.5 Å². The molecule has 0 aliphatic carbocycles. The summed E-state index contributed by atoms with van der Waals surface area (Å²) in [6.45, 7) is 4.28. The Bertz CT molecular complexity index is 121. The number of rotatable bonds is 7. The zero-order chi connectivity index (χ0) is 9.40. The molecule has 0 rings (SSSR count). The number of hydrogen-bond acceptors (Lipinski definition) is 2. The van der Waals surface area contributed by atoms with Crippen molar-refractivity contribution in [1.82, 2.24) is 0 Å². The molecule has 12 heavy (non-hydrogen) atoms. The lowest BCUT2D eigenvalue weighted by molar-refractivity contribution is -0.306. The quantitative estimate of drug-likeness (QED) is 0.547. The van der Waals surface area contributed by atoms with E-state index in [1.807, 2.05) is 0 Å². The molecule has 0 aromatic carbocycles. The van der Waals surface area contributed by atoms with Crippen LogP contribution in [0, 0.1) is 5.92 Å². The minimum Gasteiger partial charge on any atom is -0.550 e. The van der Waals surface area contributed by atoms with Gasteiger partial charge in [-0.15, -0.1) is 0 Å². The Kier molecular flexibility index (Phi) is 6.82. The standard InChI is InChI=1S/C10H20O2/c1-3-4-5-6-9(2)7-8-10(11)12/h9H,3-8H2,1-2H3,(H,11,12)/p-1/t9-/m0/s1. The van der Waals surface area contributed by atoms with Crippen LogP contribution < -0.4 is 5.11 Å². The minimum atomic E-state index is -0.919. The molecule has 0 aromatic rings. The lowest BCUT2D eigenvalue weighted by Crippen LogP contribution is -2.22. The fourth-order valence-electron chi connectivity index (χ4n) is 1.25. The highest BCUT2D eigenvalue weighted by atomic mass is 16.4. The van der Waals surface area contributed by atoms with Gasteiger partial charge >= 0.3 is 0 Å². The number of aliphatic carboxylic acids is 1. The van der Waals surface area contributed by atoms with Crippen molar-refractivity contribution in [3.8, 4) is 0 Å². The van der Waals surface area contributed by atoms with Gasteiger partial charge in [0, 0.05) is 5.97 Å². The van der Waals surface area contributed by atoms with Crippen LogP contribution in [0.1, 0.15) is 52.4 Å². The Morgan fingerprint density at radius 1 is 1.33 bits per heavy atom. The number of carboxylic acids is 1. The maximum absolute atomic E-state index is 10.1. The van der Waals surface area contributed by atoms with E-state index in [9.17, 15) is 9.90 Å². The lowest BCUT2D eigenvalue weighted by Gasteiger charge is -2.10. The molecule has 0 N–H and O–H groups in total. The van der Waals surface area contributed by atoms with E-state index in [1.54, 1.807) is 0 Å². The number of carbonyl (C=O) groups excluding carboxylic acids is 1. The molecule has 0 aliphatic rings. The van der Waals surface area contributed by atoms with Crippen molar-refractivity contribution in [2.24, 2.45) is 5.92 Å². The molecule has 0 spiro atoms. The van der Waals surface area contributed by atoms with E-state index in [0.717, 1.165) is 12.8 Å². The summed E-state index contributed by atoms with van der Waals surface area (Å²) in [5, 5.41) is 10.1. The number of carboxylic acid groups (broad SMARTS) is 1. The van der Waals surface area contributed by atoms with Crippen LogP contribution in [-0.4, -0.2) is 5.97 Å². The fourth-order valence-corrected chi connectivity index (χ4v) is 1.25. The molecule has 1 atom stereocenters. The highest BCUT2D eigenvalue weighted by molar-refractivity contribution is 5.64. The van der Waals surface area contributed by atoms with Crippen molar-refractivity contribution in [3.05, 3.63) is 0 Å². The first-order valence-electron chi connectivity index (χ1n) is 4.86. The summed E-state index contributed by atoms with van der Waals surface area (Å²) in [4.78, 5) is 10.1. The monoisotopic (exact) mass is 171 g/mol. The summed E-state index contributed by atoms with van der Waals surface area (Å²) in [6.07, 6.45) is 5.86. The van der Waals surface area contributed by atoms with Crippen molar-refractivity contribution in [2.75, 3.05) is 0 Å². The van der Waals surface area contributed by atoms with Crippen LogP contribution in [0.15, 0.2) is 0 Å². The maximum atomic E-state index is 10.1. The molecule has 0 heterocycles. The van der Waals surface area contributed by atoms with E-state index < -0.39 is 5.97 Å². The van der Waals surface area contributed by atoms with Crippen LogP contribution in [-0.2, 0) is 4.79 Å². The summed E-state index contributed by atoms with van der Waals surface area (Å²) in [5.41, 5.74) is 0. The second-order valence-electron chi connectivity index (χ2n) is 3.51. The van der Waals surface area contributed by atoms with Crippen molar-refractivity contribution >= 4 is 5.97 Å². The maximum Gasteiger partial charge on any atom is 0.0414 e. The summed E-state index contributed by atoms with van der Waals surface area (Å²) in [6, 6.07) is 0. The Balaban J connectivity index is 3.21. The minimum absolute atomic E-state index is 0.216. The Hall–Kier alpha value is -0.530. The van der Waals surface area contributed by atoms with Gasteiger partial charge in [0.1, 0.15) is 0 Å². The largest absolute Gasteiger partial charge is 0.550 e. The number of hydrogen-bond donors (Lipinski definition) is 0. The summed E-state index contributed by atoms with van der Waals surface area (Å²) in [7, 11) is 0. The number of carbonyl (C=O) groups is 1. The molecule has 0 unspecified atom stereocenters. The van der Waals surface area contributed by atoms with Crippen LogP contribution in [0.3, 0.4) is 0 Å². The molecule has 0 radical (unpaired) electrons. The average Bonchev–Trinajstić information content (AvgIpc) is 2.01. The zero-order valence-electron chi connectivity index (χ0n) is 8.14. The van der Waals surface area contributed by atoms with E-state index in [0.29, 0.717) is 5.92 Å². The van der Waals surface area contributed by atoms with Crippen molar-refractivity contribution < 1.29 is 9.90 Å². The topological polar surface area (TPSA) is 40.1 Å². The highest BCUT2D eigenvalue weighted by Gasteiger charge is 2.00. The zero-order valence-corrected chi connectivity index (χ0v) is 8.14. The van der Waals surface area contributed by atoms with Gasteiger partial charge in [0.2, 0.25) is 0 Å². The van der Waals surface area contributed by atoms with Gasteiger partial charge in [0.25, 0.3) is 0 Å². The first kappa shape index (κ1) is 11.5. The molecule has 0 bridgehead atoms. The molecular formula is C10H19O2-. The van der Waals surface area contributed by atoms with Crippen molar-refractivity contribution in [2.45, 2.75) is 52.4 Å². The first-order valence-corrected chi connectivity index (χ1v) is 4.86. The van der Waals surface area contributed by atoms with Gasteiger partial charge in [-0.05, 0) is 18.8 Å².